The molecule has 0 aliphatic heterocycles. The van der Waals surface area contributed by atoms with E-state index in [1.807, 2.05) is 6.92 Å². The van der Waals surface area contributed by atoms with Gasteiger partial charge in [-0.05, 0) is 25.1 Å². The van der Waals surface area contributed by atoms with E-state index >= 15 is 0 Å². The summed E-state index contributed by atoms with van der Waals surface area (Å²) in [6.07, 6.45) is 1.75. The monoisotopic (exact) mass is 354 g/mol. The highest BCUT2D eigenvalue weighted by Gasteiger charge is 2.17. The zero-order chi connectivity index (χ0) is 15.9. The number of carbonyl (C=O) groups excluding carboxylic acids is 1. The summed E-state index contributed by atoms with van der Waals surface area (Å²) in [6.45, 7) is 6.08. The van der Waals surface area contributed by atoms with Crippen LogP contribution < -0.4 is 10.6 Å². The third kappa shape index (κ3) is 5.01. The zero-order valence-corrected chi connectivity index (χ0v) is 14.3. The molecule has 0 unspecified atom stereocenters. The Labute approximate surface area is 142 Å². The van der Waals surface area contributed by atoms with Gasteiger partial charge in [-0.2, -0.15) is 0 Å². The van der Waals surface area contributed by atoms with Crippen LogP contribution in [0.25, 0.3) is 0 Å². The van der Waals surface area contributed by atoms with Gasteiger partial charge < -0.3 is 10.6 Å². The van der Waals surface area contributed by atoms with Gasteiger partial charge in [-0.1, -0.05) is 46.8 Å². The van der Waals surface area contributed by atoms with Crippen molar-refractivity contribution >= 4 is 51.4 Å². The van der Waals surface area contributed by atoms with Crippen molar-refractivity contribution in [3.05, 3.63) is 41.9 Å². The van der Waals surface area contributed by atoms with Crippen LogP contribution in [0.3, 0.4) is 0 Å². The van der Waals surface area contributed by atoms with E-state index in [0.29, 0.717) is 22.4 Å². The molecule has 0 aliphatic rings. The Bertz CT molecular complexity index is 662. The van der Waals surface area contributed by atoms with Crippen molar-refractivity contribution < 1.29 is 4.79 Å². The first-order chi connectivity index (χ1) is 10.6. The number of hydrogen-bond donors (Lipinski definition) is 2. The van der Waals surface area contributed by atoms with E-state index in [1.165, 1.54) is 23.1 Å². The van der Waals surface area contributed by atoms with Crippen LogP contribution in [0.1, 0.15) is 6.92 Å². The Kier molecular flexibility index (Phi) is 6.23. The van der Waals surface area contributed by atoms with Gasteiger partial charge in [-0.15, -0.1) is 16.8 Å². The second-order valence-electron chi connectivity index (χ2n) is 4.30. The summed E-state index contributed by atoms with van der Waals surface area (Å²) in [6, 6.07) is 7.05. The van der Waals surface area contributed by atoms with Gasteiger partial charge in [0, 0.05) is 17.3 Å². The van der Waals surface area contributed by atoms with E-state index < -0.39 is 0 Å². The van der Waals surface area contributed by atoms with Crippen LogP contribution in [0.5, 0.6) is 0 Å². The molecule has 0 saturated heterocycles. The number of hydrogen-bond acceptors (Lipinski definition) is 6. The molecule has 0 spiro atoms. The van der Waals surface area contributed by atoms with Gasteiger partial charge in [0.15, 0.2) is 4.34 Å². The number of thioether (sulfide) groups is 1. The van der Waals surface area contributed by atoms with Gasteiger partial charge in [0.1, 0.15) is 0 Å². The fourth-order valence-electron chi connectivity index (χ4n) is 1.50. The van der Waals surface area contributed by atoms with Crippen LogP contribution in [0.2, 0.25) is 5.02 Å². The van der Waals surface area contributed by atoms with Gasteiger partial charge in [-0.25, -0.2) is 0 Å². The number of nitrogens with one attached hydrogen (secondary N) is 2. The van der Waals surface area contributed by atoms with Crippen LogP contribution >= 0.6 is 34.7 Å². The fourth-order valence-corrected chi connectivity index (χ4v) is 3.60. The predicted octanol–water partition coefficient (Wildman–Crippen LogP) is 3.91. The van der Waals surface area contributed by atoms with Gasteiger partial charge in [0.25, 0.3) is 0 Å². The van der Waals surface area contributed by atoms with Crippen molar-refractivity contribution in [3.8, 4) is 0 Å². The molecule has 1 aromatic heterocycles. The van der Waals surface area contributed by atoms with E-state index in [1.54, 1.807) is 30.3 Å². The Morgan fingerprint density at radius 3 is 3.09 bits per heavy atom. The van der Waals surface area contributed by atoms with Crippen LogP contribution in [-0.4, -0.2) is 27.9 Å². The van der Waals surface area contributed by atoms with Gasteiger partial charge in [-0.3, -0.25) is 4.79 Å². The largest absolute Gasteiger partial charge is 0.357 e. The molecule has 0 fully saturated rings. The van der Waals surface area contributed by atoms with Crippen molar-refractivity contribution in [2.75, 3.05) is 17.2 Å². The summed E-state index contributed by atoms with van der Waals surface area (Å²) in [5.74, 6) is -0.108. The number of halogens is 1. The minimum atomic E-state index is -0.292. The molecular weight excluding hydrogens is 340 g/mol. The SMILES string of the molecule is C=CCNc1nnc(S[C@@H](C)C(=O)Nc2cccc(Cl)c2)s1. The molecule has 5 nitrogen and oxygen atoms in total. The molecule has 8 heteroatoms. The molecule has 1 aromatic carbocycles. The minimum Gasteiger partial charge on any atom is -0.357 e. The third-order valence-corrected chi connectivity index (χ3v) is 4.84. The standard InChI is InChI=1S/C14H15ClN4OS2/c1-3-7-16-13-18-19-14(22-13)21-9(2)12(20)17-11-6-4-5-10(15)8-11/h3-6,8-9H,1,7H2,2H3,(H,16,18)(H,17,20)/t9-/m0/s1. The van der Waals surface area contributed by atoms with Crippen molar-refractivity contribution in [2.45, 2.75) is 16.5 Å². The summed E-state index contributed by atoms with van der Waals surface area (Å²) in [4.78, 5) is 12.2. The molecule has 0 saturated carbocycles. The third-order valence-electron chi connectivity index (χ3n) is 2.54. The number of anilines is 2. The Balaban J connectivity index is 1.90. The molecular formula is C14H15ClN4OS2. The average molecular weight is 355 g/mol. The first kappa shape index (κ1) is 16.8. The molecule has 1 heterocycles. The van der Waals surface area contributed by atoms with E-state index in [4.69, 9.17) is 11.6 Å². The van der Waals surface area contributed by atoms with Crippen molar-refractivity contribution in [1.29, 1.82) is 0 Å². The maximum absolute atomic E-state index is 12.2. The highest BCUT2D eigenvalue weighted by molar-refractivity contribution is 8.02. The quantitative estimate of drug-likeness (QED) is 0.583. The number of rotatable bonds is 7. The Morgan fingerprint density at radius 2 is 2.36 bits per heavy atom. The minimum absolute atomic E-state index is 0.108. The number of nitrogens with zero attached hydrogens (tertiary/aromatic N) is 2. The lowest BCUT2D eigenvalue weighted by atomic mass is 10.3. The van der Waals surface area contributed by atoms with E-state index in [0.717, 1.165) is 4.34 Å². The molecule has 2 aromatic rings. The molecule has 2 N–H and O–H groups in total. The zero-order valence-electron chi connectivity index (χ0n) is 11.9. The summed E-state index contributed by atoms with van der Waals surface area (Å²) < 4.78 is 0.736. The van der Waals surface area contributed by atoms with E-state index in [9.17, 15) is 4.79 Å². The second kappa shape index (κ2) is 8.17. The number of amides is 1. The number of carbonyl (C=O) groups is 1. The highest BCUT2D eigenvalue weighted by Crippen LogP contribution is 2.29. The molecule has 0 aliphatic carbocycles. The number of aromatic nitrogens is 2. The van der Waals surface area contributed by atoms with Crippen LogP contribution in [0, 0.1) is 0 Å². The van der Waals surface area contributed by atoms with Crippen molar-refractivity contribution in [2.24, 2.45) is 0 Å². The summed E-state index contributed by atoms with van der Waals surface area (Å²) in [7, 11) is 0. The lowest BCUT2D eigenvalue weighted by Gasteiger charge is -2.10. The fraction of sp³-hybridized carbons (Fsp3) is 0.214. The molecule has 1 atom stereocenters. The first-order valence-corrected chi connectivity index (χ1v) is 8.57. The Morgan fingerprint density at radius 1 is 1.55 bits per heavy atom. The molecule has 0 bridgehead atoms. The van der Waals surface area contributed by atoms with Crippen LogP contribution in [-0.2, 0) is 4.79 Å². The molecule has 0 radical (unpaired) electrons. The summed E-state index contributed by atoms with van der Waals surface area (Å²) in [5.41, 5.74) is 0.676. The van der Waals surface area contributed by atoms with E-state index in [-0.39, 0.29) is 11.2 Å². The van der Waals surface area contributed by atoms with Gasteiger partial charge >= 0.3 is 0 Å². The highest BCUT2D eigenvalue weighted by atomic mass is 35.5. The lowest BCUT2D eigenvalue weighted by molar-refractivity contribution is -0.115. The van der Waals surface area contributed by atoms with Crippen molar-refractivity contribution in [1.82, 2.24) is 10.2 Å². The molecule has 116 valence electrons. The van der Waals surface area contributed by atoms with Crippen molar-refractivity contribution in [3.63, 3.8) is 0 Å². The summed E-state index contributed by atoms with van der Waals surface area (Å²) >= 11 is 8.67. The molecule has 1 amide bonds. The summed E-state index contributed by atoms with van der Waals surface area (Å²) in [5, 5.41) is 14.9. The second-order valence-corrected chi connectivity index (χ2v) is 7.30. The van der Waals surface area contributed by atoms with Gasteiger partial charge in [0.05, 0.1) is 5.25 Å². The molecule has 22 heavy (non-hydrogen) atoms. The van der Waals surface area contributed by atoms with E-state index in [2.05, 4.69) is 27.4 Å². The van der Waals surface area contributed by atoms with Crippen LogP contribution in [0.4, 0.5) is 10.8 Å². The lowest BCUT2D eigenvalue weighted by Crippen LogP contribution is -2.22. The maximum Gasteiger partial charge on any atom is 0.237 e. The predicted molar refractivity (Wildman–Crippen MR) is 94.0 cm³/mol. The van der Waals surface area contributed by atoms with Crippen LogP contribution in [0.15, 0.2) is 41.3 Å². The smallest absolute Gasteiger partial charge is 0.237 e. The molecule has 2 rings (SSSR count). The first-order valence-electron chi connectivity index (χ1n) is 6.50. The number of benzene rings is 1. The average Bonchev–Trinajstić information content (AvgIpc) is 2.92. The maximum atomic E-state index is 12.2. The normalized spacial score (nSPS) is 11.7. The topological polar surface area (TPSA) is 66.9 Å². The van der Waals surface area contributed by atoms with Gasteiger partial charge in [0.2, 0.25) is 11.0 Å². The Hall–Kier alpha value is -1.57.